The summed E-state index contributed by atoms with van der Waals surface area (Å²) < 4.78 is 0. The minimum atomic E-state index is -1.11. The molecule has 0 bridgehead atoms. The fourth-order valence-electron chi connectivity index (χ4n) is 7.24. The summed E-state index contributed by atoms with van der Waals surface area (Å²) in [6.07, 6.45) is 9.84. The number of aliphatic hydroxyl groups is 2. The first-order chi connectivity index (χ1) is 11.2. The van der Waals surface area contributed by atoms with E-state index >= 15 is 0 Å². The number of fused-ring (bicyclic) bond motifs is 5. The van der Waals surface area contributed by atoms with Gasteiger partial charge in [0.05, 0.1) is 6.10 Å². The van der Waals surface area contributed by atoms with Crippen molar-refractivity contribution in [2.45, 2.75) is 83.8 Å². The largest absolute Gasteiger partial charge is 0.393 e. The van der Waals surface area contributed by atoms with E-state index < -0.39 is 5.60 Å². The summed E-state index contributed by atoms with van der Waals surface area (Å²) >= 11 is 0. The van der Waals surface area contributed by atoms with Gasteiger partial charge in [-0.05, 0) is 81.5 Å². The van der Waals surface area contributed by atoms with Crippen LogP contribution in [0.4, 0.5) is 0 Å². The monoisotopic (exact) mass is 332 g/mol. The lowest BCUT2D eigenvalue weighted by Gasteiger charge is -2.58. The second-order valence-electron chi connectivity index (χ2n) is 9.57. The molecule has 0 aromatic rings. The molecule has 4 rings (SSSR count). The molecular formula is C21H32O3. The summed E-state index contributed by atoms with van der Waals surface area (Å²) in [5.41, 5.74) is 0.331. The normalized spacial score (nSPS) is 53.6. The fraction of sp³-hybridized carbons (Fsp3) is 0.857. The van der Waals surface area contributed by atoms with Gasteiger partial charge in [0.1, 0.15) is 5.60 Å². The van der Waals surface area contributed by atoms with Crippen LogP contribution < -0.4 is 0 Å². The molecule has 24 heavy (non-hydrogen) atoms. The molecule has 3 nitrogen and oxygen atoms in total. The Balaban J connectivity index is 1.69. The molecule has 0 radical (unpaired) electrons. The number of Topliss-reactive ketones (excluding diaryl/α,β-unsaturated/α-hetero) is 1. The first kappa shape index (κ1) is 16.8. The van der Waals surface area contributed by atoms with E-state index in [4.69, 9.17) is 0 Å². The highest BCUT2D eigenvalue weighted by Gasteiger charge is 2.65. The molecule has 0 saturated heterocycles. The third-order valence-electron chi connectivity index (χ3n) is 8.81. The van der Waals surface area contributed by atoms with Crippen LogP contribution in [0.1, 0.15) is 72.1 Å². The molecule has 0 unspecified atom stereocenters. The zero-order valence-corrected chi connectivity index (χ0v) is 15.3. The molecular weight excluding hydrogens is 300 g/mol. The van der Waals surface area contributed by atoms with Gasteiger partial charge >= 0.3 is 0 Å². The van der Waals surface area contributed by atoms with E-state index in [-0.39, 0.29) is 22.7 Å². The molecule has 4 aliphatic carbocycles. The Kier molecular flexibility index (Phi) is 3.61. The maximum Gasteiger partial charge on any atom is 0.161 e. The van der Waals surface area contributed by atoms with Crippen molar-refractivity contribution < 1.29 is 15.0 Å². The minimum Gasteiger partial charge on any atom is -0.393 e. The Bertz CT molecular complexity index is 596. The van der Waals surface area contributed by atoms with Gasteiger partial charge in [0, 0.05) is 5.41 Å². The number of aliphatic hydroxyl groups excluding tert-OH is 1. The molecule has 2 N–H and O–H groups in total. The Morgan fingerprint density at radius 1 is 1.12 bits per heavy atom. The predicted molar refractivity (Wildman–Crippen MR) is 93.3 cm³/mol. The summed E-state index contributed by atoms with van der Waals surface area (Å²) in [5.74, 6) is 1.65. The number of rotatable bonds is 1. The van der Waals surface area contributed by atoms with Crippen LogP contribution in [0.15, 0.2) is 11.6 Å². The van der Waals surface area contributed by atoms with Crippen LogP contribution in [-0.4, -0.2) is 27.7 Å². The van der Waals surface area contributed by atoms with E-state index in [1.807, 2.05) is 0 Å². The molecule has 0 aliphatic heterocycles. The average molecular weight is 332 g/mol. The standard InChI is InChI=1S/C21H32O3/c1-13(22)21(24)11-8-18-16-5-4-14-12-15(23)6-9-19(14,2)17(16)7-10-20(18,21)3/h4,15-18,23-24H,5-12H2,1-3H3/t15-,16+,17-,18-,19-,20+,21-/m0/s1. The summed E-state index contributed by atoms with van der Waals surface area (Å²) in [6, 6.07) is 0. The smallest absolute Gasteiger partial charge is 0.161 e. The highest BCUT2D eigenvalue weighted by Crippen LogP contribution is 2.67. The number of hydrogen-bond donors (Lipinski definition) is 2. The van der Waals surface area contributed by atoms with Gasteiger partial charge < -0.3 is 10.2 Å². The second kappa shape index (κ2) is 5.17. The van der Waals surface area contributed by atoms with Gasteiger partial charge in [0.15, 0.2) is 5.78 Å². The Morgan fingerprint density at radius 3 is 2.54 bits per heavy atom. The Morgan fingerprint density at radius 2 is 1.83 bits per heavy atom. The first-order valence-electron chi connectivity index (χ1n) is 9.83. The molecule has 0 amide bonds. The summed E-state index contributed by atoms with van der Waals surface area (Å²) in [6.45, 7) is 6.16. The SMILES string of the molecule is CC(=O)[C@@]1(O)CC[C@H]2[C@@H]3CC=C4C[C@@H](O)CC[C@]4(C)[C@H]3CC[C@]21C. The molecule has 7 atom stereocenters. The van der Waals surface area contributed by atoms with Crippen molar-refractivity contribution in [3.63, 3.8) is 0 Å². The van der Waals surface area contributed by atoms with Crippen molar-refractivity contribution >= 4 is 5.78 Å². The molecule has 0 heterocycles. The topological polar surface area (TPSA) is 57.5 Å². The third-order valence-corrected chi connectivity index (χ3v) is 8.81. The molecule has 0 spiro atoms. The Hall–Kier alpha value is -0.670. The second-order valence-corrected chi connectivity index (χ2v) is 9.57. The predicted octanol–water partition coefficient (Wildman–Crippen LogP) is 3.63. The van der Waals surface area contributed by atoms with Crippen LogP contribution in [0.5, 0.6) is 0 Å². The minimum absolute atomic E-state index is 0.0370. The van der Waals surface area contributed by atoms with Crippen LogP contribution >= 0.6 is 0 Å². The van der Waals surface area contributed by atoms with Crippen LogP contribution in [0.3, 0.4) is 0 Å². The maximum absolute atomic E-state index is 12.2. The highest BCUT2D eigenvalue weighted by atomic mass is 16.3. The van der Waals surface area contributed by atoms with Gasteiger partial charge in [-0.2, -0.15) is 0 Å². The maximum atomic E-state index is 12.2. The molecule has 3 heteroatoms. The van der Waals surface area contributed by atoms with Crippen molar-refractivity contribution in [1.29, 1.82) is 0 Å². The molecule has 134 valence electrons. The number of hydrogen-bond acceptors (Lipinski definition) is 3. The van der Waals surface area contributed by atoms with E-state index in [1.54, 1.807) is 6.92 Å². The fourth-order valence-corrected chi connectivity index (χ4v) is 7.24. The summed E-state index contributed by atoms with van der Waals surface area (Å²) in [4.78, 5) is 12.2. The van der Waals surface area contributed by atoms with Gasteiger partial charge in [0.25, 0.3) is 0 Å². The lowest BCUT2D eigenvalue weighted by Crippen LogP contribution is -2.56. The number of allylic oxidation sites excluding steroid dienone is 1. The van der Waals surface area contributed by atoms with Crippen molar-refractivity contribution in [3.8, 4) is 0 Å². The van der Waals surface area contributed by atoms with Crippen LogP contribution in [0, 0.1) is 28.6 Å². The van der Waals surface area contributed by atoms with Gasteiger partial charge in [-0.1, -0.05) is 25.5 Å². The summed E-state index contributed by atoms with van der Waals surface area (Å²) in [7, 11) is 0. The lowest BCUT2D eigenvalue weighted by atomic mass is 9.47. The van der Waals surface area contributed by atoms with Crippen molar-refractivity contribution in [2.24, 2.45) is 28.6 Å². The zero-order chi connectivity index (χ0) is 17.3. The van der Waals surface area contributed by atoms with Crippen molar-refractivity contribution in [1.82, 2.24) is 0 Å². The molecule has 0 aromatic carbocycles. The van der Waals surface area contributed by atoms with Crippen LogP contribution in [-0.2, 0) is 4.79 Å². The summed E-state index contributed by atoms with van der Waals surface area (Å²) in [5, 5.41) is 21.2. The highest BCUT2D eigenvalue weighted by molar-refractivity contribution is 5.86. The van der Waals surface area contributed by atoms with Gasteiger partial charge in [-0.15, -0.1) is 0 Å². The van der Waals surface area contributed by atoms with E-state index in [9.17, 15) is 15.0 Å². The Labute approximate surface area is 145 Å². The van der Waals surface area contributed by atoms with Gasteiger partial charge in [0.2, 0.25) is 0 Å². The third kappa shape index (κ3) is 1.94. The van der Waals surface area contributed by atoms with E-state index in [1.165, 1.54) is 5.57 Å². The lowest BCUT2D eigenvalue weighted by molar-refractivity contribution is -0.159. The van der Waals surface area contributed by atoms with Crippen molar-refractivity contribution in [2.75, 3.05) is 0 Å². The molecule has 4 aliphatic rings. The number of ketones is 1. The van der Waals surface area contributed by atoms with E-state index in [2.05, 4.69) is 19.9 Å². The van der Waals surface area contributed by atoms with Gasteiger partial charge in [-0.25, -0.2) is 0 Å². The first-order valence-corrected chi connectivity index (χ1v) is 9.83. The molecule has 3 fully saturated rings. The zero-order valence-electron chi connectivity index (χ0n) is 15.3. The quantitative estimate of drug-likeness (QED) is 0.721. The van der Waals surface area contributed by atoms with Crippen LogP contribution in [0.25, 0.3) is 0 Å². The van der Waals surface area contributed by atoms with E-state index in [0.29, 0.717) is 24.2 Å². The average Bonchev–Trinajstić information content (AvgIpc) is 2.81. The molecule has 3 saturated carbocycles. The number of carbonyl (C=O) groups excluding carboxylic acids is 1. The van der Waals surface area contributed by atoms with Crippen molar-refractivity contribution in [3.05, 3.63) is 11.6 Å². The van der Waals surface area contributed by atoms with E-state index in [0.717, 1.165) is 44.9 Å². The van der Waals surface area contributed by atoms with Crippen LogP contribution in [0.2, 0.25) is 0 Å². The number of carbonyl (C=O) groups is 1. The van der Waals surface area contributed by atoms with Gasteiger partial charge in [-0.3, -0.25) is 4.79 Å². The molecule has 0 aromatic heterocycles.